The van der Waals surface area contributed by atoms with Gasteiger partial charge in [0.25, 0.3) is 11.8 Å². The first-order chi connectivity index (χ1) is 15.4. The maximum Gasteiger partial charge on any atom is 0.261 e. The minimum atomic E-state index is -0.735. The zero-order valence-corrected chi connectivity index (χ0v) is 21.1. The summed E-state index contributed by atoms with van der Waals surface area (Å²) in [7, 11) is 0. The molecule has 33 heavy (non-hydrogen) atoms. The van der Waals surface area contributed by atoms with Gasteiger partial charge in [0.15, 0.2) is 6.29 Å². The normalized spacial score (nSPS) is 22.8. The number of hydrogen-bond acceptors (Lipinski definition) is 6. The van der Waals surface area contributed by atoms with Crippen LogP contribution < -0.4 is 0 Å². The minimum Gasteiger partial charge on any atom is -0.373 e. The first-order valence-electron chi connectivity index (χ1n) is 12.0. The number of benzene rings is 1. The quantitative estimate of drug-likeness (QED) is 0.501. The molecule has 7 heteroatoms. The number of imide groups is 1. The lowest BCUT2D eigenvalue weighted by Crippen LogP contribution is -2.47. The molecule has 0 aromatic heterocycles. The Balaban J connectivity index is 1.83. The Morgan fingerprint density at radius 1 is 0.879 bits per heavy atom. The average molecular weight is 462 g/mol. The summed E-state index contributed by atoms with van der Waals surface area (Å²) in [5, 5.41) is 0. The van der Waals surface area contributed by atoms with Crippen LogP contribution in [0.5, 0.6) is 0 Å². The smallest absolute Gasteiger partial charge is 0.261 e. The Hall–Kier alpha value is -1.80. The zero-order chi connectivity index (χ0) is 24.4. The highest BCUT2D eigenvalue weighted by Crippen LogP contribution is 2.33. The highest BCUT2D eigenvalue weighted by Gasteiger charge is 2.48. The highest BCUT2D eigenvalue weighted by molar-refractivity contribution is 6.21. The lowest BCUT2D eigenvalue weighted by molar-refractivity contribution is -0.124. The Kier molecular flexibility index (Phi) is 7.99. The first kappa shape index (κ1) is 25.8. The van der Waals surface area contributed by atoms with Crippen LogP contribution in [-0.4, -0.2) is 65.7 Å². The van der Waals surface area contributed by atoms with Gasteiger partial charge in [-0.3, -0.25) is 14.5 Å². The summed E-state index contributed by atoms with van der Waals surface area (Å²) >= 11 is 0. The van der Waals surface area contributed by atoms with Gasteiger partial charge < -0.3 is 18.9 Å². The van der Waals surface area contributed by atoms with Gasteiger partial charge in [0.2, 0.25) is 0 Å². The standard InChI is InChI=1S/C26H39NO6/c1-8-9-14-19(27-22(28)17-12-10-11-13-18(17)23(27)29)24-32-20(15-30-25(2,3)4)21(33-24)16-31-26(5,6)7/h10-13,19-21,24H,8-9,14-16H2,1-7H3/t19-,20-,21-/m0/s1. The van der Waals surface area contributed by atoms with Gasteiger partial charge in [-0.2, -0.15) is 0 Å². The summed E-state index contributed by atoms with van der Waals surface area (Å²) in [6.07, 6.45) is 0.909. The predicted molar refractivity (Wildman–Crippen MR) is 125 cm³/mol. The van der Waals surface area contributed by atoms with Crippen LogP contribution >= 0.6 is 0 Å². The molecule has 1 aromatic carbocycles. The van der Waals surface area contributed by atoms with E-state index >= 15 is 0 Å². The van der Waals surface area contributed by atoms with E-state index in [9.17, 15) is 9.59 Å². The van der Waals surface area contributed by atoms with Crippen LogP contribution in [0.1, 0.15) is 88.4 Å². The molecule has 0 spiro atoms. The molecule has 0 radical (unpaired) electrons. The number of fused-ring (bicyclic) bond motifs is 1. The summed E-state index contributed by atoms with van der Waals surface area (Å²) < 4.78 is 24.6. The van der Waals surface area contributed by atoms with Crippen molar-refractivity contribution in [1.29, 1.82) is 0 Å². The second-order valence-corrected chi connectivity index (χ2v) is 10.8. The van der Waals surface area contributed by atoms with E-state index in [1.54, 1.807) is 24.3 Å². The van der Waals surface area contributed by atoms with Crippen LogP contribution in [0.4, 0.5) is 0 Å². The fraction of sp³-hybridized carbons (Fsp3) is 0.692. The number of rotatable bonds is 9. The fourth-order valence-electron chi connectivity index (χ4n) is 4.00. The van der Waals surface area contributed by atoms with Crippen molar-refractivity contribution in [3.63, 3.8) is 0 Å². The third-order valence-corrected chi connectivity index (χ3v) is 5.72. The van der Waals surface area contributed by atoms with Crippen molar-refractivity contribution < 1.29 is 28.5 Å². The third kappa shape index (κ3) is 6.41. The largest absolute Gasteiger partial charge is 0.373 e. The summed E-state index contributed by atoms with van der Waals surface area (Å²) in [6, 6.07) is 6.42. The van der Waals surface area contributed by atoms with Gasteiger partial charge >= 0.3 is 0 Å². The zero-order valence-electron chi connectivity index (χ0n) is 21.1. The molecule has 0 bridgehead atoms. The maximum atomic E-state index is 13.2. The van der Waals surface area contributed by atoms with Gasteiger partial charge in [-0.15, -0.1) is 0 Å². The Labute approximate surface area is 197 Å². The molecule has 3 atom stereocenters. The van der Waals surface area contributed by atoms with Gasteiger partial charge in [0, 0.05) is 0 Å². The highest BCUT2D eigenvalue weighted by atomic mass is 16.7. The van der Waals surface area contributed by atoms with Crippen molar-refractivity contribution in [3.8, 4) is 0 Å². The van der Waals surface area contributed by atoms with E-state index in [2.05, 4.69) is 6.92 Å². The molecule has 2 amide bonds. The SMILES string of the molecule is CCCC[C@@H](C1O[C@@H](COC(C)(C)C)[C@H](COC(C)(C)C)O1)N1C(=O)c2ccccc2C1=O. The van der Waals surface area contributed by atoms with E-state index in [4.69, 9.17) is 18.9 Å². The van der Waals surface area contributed by atoms with Gasteiger partial charge in [-0.05, 0) is 60.1 Å². The molecule has 0 unspecified atom stereocenters. The van der Waals surface area contributed by atoms with Crippen LogP contribution in [0.25, 0.3) is 0 Å². The number of carbonyl (C=O) groups excluding carboxylic acids is 2. The van der Waals surface area contributed by atoms with Crippen molar-refractivity contribution in [2.75, 3.05) is 13.2 Å². The van der Waals surface area contributed by atoms with E-state index < -0.39 is 12.3 Å². The predicted octanol–water partition coefficient (Wildman–Crippen LogP) is 4.58. The Morgan fingerprint density at radius 3 is 1.73 bits per heavy atom. The average Bonchev–Trinajstić information content (AvgIpc) is 3.25. The van der Waals surface area contributed by atoms with Crippen molar-refractivity contribution in [2.24, 2.45) is 0 Å². The molecule has 1 aromatic rings. The van der Waals surface area contributed by atoms with Gasteiger partial charge in [0.05, 0.1) is 41.6 Å². The number of carbonyl (C=O) groups is 2. The monoisotopic (exact) mass is 461 g/mol. The molecule has 1 fully saturated rings. The third-order valence-electron chi connectivity index (χ3n) is 5.72. The summed E-state index contributed by atoms with van der Waals surface area (Å²) in [4.78, 5) is 27.7. The van der Waals surface area contributed by atoms with Crippen molar-refractivity contribution >= 4 is 11.8 Å². The molecule has 0 aliphatic carbocycles. The van der Waals surface area contributed by atoms with Crippen LogP contribution in [0.15, 0.2) is 24.3 Å². The van der Waals surface area contributed by atoms with Crippen LogP contribution in [0, 0.1) is 0 Å². The van der Waals surface area contributed by atoms with E-state index in [-0.39, 0.29) is 35.2 Å². The van der Waals surface area contributed by atoms with Crippen molar-refractivity contribution in [2.45, 2.75) is 103 Å². The molecule has 2 aliphatic rings. The molecule has 3 rings (SSSR count). The minimum absolute atomic E-state index is 0.291. The first-order valence-corrected chi connectivity index (χ1v) is 12.0. The van der Waals surface area contributed by atoms with Gasteiger partial charge in [0.1, 0.15) is 12.2 Å². The second kappa shape index (κ2) is 10.2. The van der Waals surface area contributed by atoms with Gasteiger partial charge in [-0.1, -0.05) is 31.9 Å². The molecule has 2 aliphatic heterocycles. The second-order valence-electron chi connectivity index (χ2n) is 10.8. The summed E-state index contributed by atoms with van der Waals surface area (Å²) in [5.41, 5.74) is 0.201. The molecular weight excluding hydrogens is 422 g/mol. The number of hydrogen-bond donors (Lipinski definition) is 0. The maximum absolute atomic E-state index is 13.2. The molecular formula is C26H39NO6. The fourth-order valence-corrected chi connectivity index (χ4v) is 4.00. The number of unbranched alkanes of at least 4 members (excludes halogenated alkanes) is 1. The Bertz CT molecular complexity index is 779. The molecule has 184 valence electrons. The summed E-state index contributed by atoms with van der Waals surface area (Å²) in [6.45, 7) is 14.7. The van der Waals surface area contributed by atoms with E-state index in [1.165, 1.54) is 4.90 Å². The lowest BCUT2D eigenvalue weighted by atomic mass is 10.1. The van der Waals surface area contributed by atoms with Gasteiger partial charge in [-0.25, -0.2) is 0 Å². The number of amides is 2. The summed E-state index contributed by atoms with van der Waals surface area (Å²) in [5.74, 6) is -0.582. The van der Waals surface area contributed by atoms with Crippen LogP contribution in [-0.2, 0) is 18.9 Å². The lowest BCUT2D eigenvalue weighted by Gasteiger charge is -2.30. The molecule has 0 N–H and O–H groups in total. The van der Waals surface area contributed by atoms with E-state index in [0.29, 0.717) is 30.8 Å². The topological polar surface area (TPSA) is 74.3 Å². The molecule has 0 saturated carbocycles. The van der Waals surface area contributed by atoms with E-state index in [1.807, 2.05) is 41.5 Å². The van der Waals surface area contributed by atoms with Crippen LogP contribution in [0.3, 0.4) is 0 Å². The van der Waals surface area contributed by atoms with Crippen LogP contribution in [0.2, 0.25) is 0 Å². The number of ether oxygens (including phenoxy) is 4. The molecule has 1 saturated heterocycles. The Morgan fingerprint density at radius 2 is 1.33 bits per heavy atom. The number of nitrogens with zero attached hydrogens (tertiary/aromatic N) is 1. The van der Waals surface area contributed by atoms with E-state index in [0.717, 1.165) is 12.8 Å². The molecule has 2 heterocycles. The van der Waals surface area contributed by atoms with Crippen molar-refractivity contribution in [1.82, 2.24) is 4.90 Å². The van der Waals surface area contributed by atoms with Crippen molar-refractivity contribution in [3.05, 3.63) is 35.4 Å². The molecule has 7 nitrogen and oxygen atoms in total.